The number of carbonyl (C=O) groups is 1. The van der Waals surface area contributed by atoms with Crippen molar-refractivity contribution in [1.82, 2.24) is 25.1 Å². The Kier molecular flexibility index (Phi) is 9.36. The number of nitrogens with zero attached hydrogens (tertiary/aromatic N) is 5. The molecule has 6 rings (SSSR count). The molecule has 0 aliphatic carbocycles. The molecule has 1 atom stereocenters. The summed E-state index contributed by atoms with van der Waals surface area (Å²) in [6, 6.07) is 10.8. The normalized spacial score (nSPS) is 15.5. The van der Waals surface area contributed by atoms with Gasteiger partial charge in [0.25, 0.3) is 0 Å². The average molecular weight is 692 g/mol. The molecule has 9 nitrogen and oxygen atoms in total. The highest BCUT2D eigenvalue weighted by Gasteiger charge is 2.37. The van der Waals surface area contributed by atoms with Gasteiger partial charge in [0.05, 0.1) is 34.9 Å². The summed E-state index contributed by atoms with van der Waals surface area (Å²) in [4.78, 5) is 18.5. The first-order chi connectivity index (χ1) is 22.9. The van der Waals surface area contributed by atoms with Crippen LogP contribution in [0.4, 0.5) is 26.3 Å². The van der Waals surface area contributed by atoms with E-state index in [2.05, 4.69) is 20.5 Å². The third-order valence-corrected chi connectivity index (χ3v) is 7.85. The summed E-state index contributed by atoms with van der Waals surface area (Å²) < 4.78 is 99.9. The van der Waals surface area contributed by atoms with Crippen molar-refractivity contribution in [3.05, 3.63) is 106 Å². The number of ketones is 1. The fourth-order valence-corrected chi connectivity index (χ4v) is 5.49. The van der Waals surface area contributed by atoms with Crippen LogP contribution >= 0.6 is 11.6 Å². The van der Waals surface area contributed by atoms with Gasteiger partial charge in [-0.1, -0.05) is 34.1 Å². The summed E-state index contributed by atoms with van der Waals surface area (Å²) in [6.07, 6.45) is -5.46. The smallest absolute Gasteiger partial charge is 0.355 e. The minimum atomic E-state index is -5.06. The number of rotatable bonds is 9. The fraction of sp³-hybridized carbons (Fsp3) is 0.281. The van der Waals surface area contributed by atoms with Gasteiger partial charge in [0.15, 0.2) is 17.7 Å². The van der Waals surface area contributed by atoms with Crippen molar-refractivity contribution in [1.29, 1.82) is 0 Å². The van der Waals surface area contributed by atoms with Crippen LogP contribution in [0.1, 0.15) is 57.7 Å². The largest absolute Gasteiger partial charge is 0.416 e. The molecule has 5 aromatic rings. The molecule has 1 saturated heterocycles. The highest BCUT2D eigenvalue weighted by molar-refractivity contribution is 6.33. The minimum Gasteiger partial charge on any atom is -0.355 e. The molecular formula is C32H24ClF6N5O4. The third-order valence-electron chi connectivity index (χ3n) is 7.52. The zero-order valence-electron chi connectivity index (χ0n) is 24.7. The van der Waals surface area contributed by atoms with Crippen LogP contribution in [-0.4, -0.2) is 43.8 Å². The van der Waals surface area contributed by atoms with Gasteiger partial charge in [-0.25, -0.2) is 4.68 Å². The van der Waals surface area contributed by atoms with Crippen molar-refractivity contribution in [2.75, 3.05) is 6.61 Å². The van der Waals surface area contributed by atoms with Gasteiger partial charge in [0, 0.05) is 30.1 Å². The van der Waals surface area contributed by atoms with Crippen LogP contribution in [0.5, 0.6) is 0 Å². The number of pyridine rings is 1. The van der Waals surface area contributed by atoms with E-state index in [1.807, 2.05) is 0 Å². The Hall–Kier alpha value is -4.60. The monoisotopic (exact) mass is 691 g/mol. The van der Waals surface area contributed by atoms with E-state index < -0.39 is 42.1 Å². The average Bonchev–Trinajstić information content (AvgIpc) is 3.68. The lowest BCUT2D eigenvalue weighted by Crippen LogP contribution is -2.22. The van der Waals surface area contributed by atoms with Crippen LogP contribution in [0.2, 0.25) is 5.02 Å². The minimum absolute atomic E-state index is 0.00635. The van der Waals surface area contributed by atoms with Gasteiger partial charge in [0.2, 0.25) is 5.78 Å². The Morgan fingerprint density at radius 1 is 1.00 bits per heavy atom. The second-order valence-corrected chi connectivity index (χ2v) is 11.3. The topological polar surface area (TPSA) is 105 Å². The van der Waals surface area contributed by atoms with Crippen LogP contribution in [0.25, 0.3) is 22.6 Å². The zero-order chi connectivity index (χ0) is 34.1. The molecule has 0 spiro atoms. The lowest BCUT2D eigenvalue weighted by molar-refractivity contribution is -0.169. The van der Waals surface area contributed by atoms with E-state index in [-0.39, 0.29) is 57.2 Å². The van der Waals surface area contributed by atoms with Crippen molar-refractivity contribution in [2.24, 2.45) is 0 Å². The van der Waals surface area contributed by atoms with Gasteiger partial charge < -0.3 is 14.0 Å². The Morgan fingerprint density at radius 3 is 2.40 bits per heavy atom. The van der Waals surface area contributed by atoms with E-state index in [0.717, 1.165) is 17.5 Å². The van der Waals surface area contributed by atoms with Crippen LogP contribution in [0.3, 0.4) is 0 Å². The molecule has 1 aliphatic rings. The van der Waals surface area contributed by atoms with Gasteiger partial charge in [0.1, 0.15) is 11.4 Å². The van der Waals surface area contributed by atoms with Gasteiger partial charge in [-0.15, -0.1) is 5.10 Å². The number of carbonyl (C=O) groups excluding carboxylic acids is 1. The fourth-order valence-electron chi connectivity index (χ4n) is 5.27. The number of halogens is 7. The summed E-state index contributed by atoms with van der Waals surface area (Å²) in [5.74, 6) is -0.771. The summed E-state index contributed by atoms with van der Waals surface area (Å²) in [7, 11) is 0. The number of hydrogen-bond donors (Lipinski definition) is 0. The summed E-state index contributed by atoms with van der Waals surface area (Å²) in [5, 5.41) is 12.4. The quantitative estimate of drug-likeness (QED) is 0.113. The molecular weight excluding hydrogens is 668 g/mol. The number of aromatic nitrogens is 5. The van der Waals surface area contributed by atoms with Crippen molar-refractivity contribution < 1.29 is 45.1 Å². The Bertz CT molecular complexity index is 1890. The van der Waals surface area contributed by atoms with Crippen molar-refractivity contribution in [2.45, 2.75) is 51.1 Å². The van der Waals surface area contributed by atoms with Gasteiger partial charge in [-0.05, 0) is 67.3 Å². The molecule has 1 fully saturated rings. The Balaban J connectivity index is 1.46. The van der Waals surface area contributed by atoms with E-state index >= 15 is 0 Å². The molecule has 0 radical (unpaired) electrons. The van der Waals surface area contributed by atoms with E-state index in [9.17, 15) is 31.1 Å². The van der Waals surface area contributed by atoms with Gasteiger partial charge in [-0.2, -0.15) is 26.3 Å². The zero-order valence-corrected chi connectivity index (χ0v) is 25.4. The van der Waals surface area contributed by atoms with E-state index in [1.54, 1.807) is 30.3 Å². The predicted molar refractivity (Wildman–Crippen MR) is 158 cm³/mol. The SMILES string of the molecule is O=C(c1nnn(Cc2cc(C(F)(F)F)cc(C(F)(F)F)c2)c1-c1cccnc1)c1c(COC2CCCCO2)noc1-c1ccccc1Cl. The summed E-state index contributed by atoms with van der Waals surface area (Å²) in [5.41, 5.74) is -3.08. The van der Waals surface area contributed by atoms with Crippen LogP contribution in [0, 0.1) is 0 Å². The molecule has 2 aromatic carbocycles. The van der Waals surface area contributed by atoms with E-state index in [1.165, 1.54) is 18.5 Å². The van der Waals surface area contributed by atoms with Gasteiger partial charge in [-0.3, -0.25) is 9.78 Å². The first kappa shape index (κ1) is 33.3. The molecule has 1 aliphatic heterocycles. The molecule has 3 aromatic heterocycles. The summed E-state index contributed by atoms with van der Waals surface area (Å²) in [6.45, 7) is -0.290. The molecule has 250 valence electrons. The second kappa shape index (κ2) is 13.5. The maximum Gasteiger partial charge on any atom is 0.416 e. The van der Waals surface area contributed by atoms with E-state index in [0.29, 0.717) is 30.7 Å². The molecule has 0 N–H and O–H groups in total. The lowest BCUT2D eigenvalue weighted by atomic mass is 9.98. The van der Waals surface area contributed by atoms with Crippen LogP contribution in [0.15, 0.2) is 71.5 Å². The first-order valence-electron chi connectivity index (χ1n) is 14.5. The highest BCUT2D eigenvalue weighted by Crippen LogP contribution is 2.38. The van der Waals surface area contributed by atoms with Crippen molar-refractivity contribution in [3.8, 4) is 22.6 Å². The molecule has 0 saturated carbocycles. The number of benzene rings is 2. The number of alkyl halides is 6. The first-order valence-corrected chi connectivity index (χ1v) is 14.9. The molecule has 0 bridgehead atoms. The standard InChI is InChI=1S/C32H24ClF6N5O4/c33-23-8-2-1-7-22(23)30-26(24(42-48-30)17-47-25-9-3-4-11-46-25)29(45)27-28(19-6-5-10-40-15-19)44(43-41-27)16-18-12-20(31(34,35)36)14-21(13-18)32(37,38)39/h1-2,5-8,10,12-15,25H,3-4,9,11,16-17H2. The highest BCUT2D eigenvalue weighted by atomic mass is 35.5. The van der Waals surface area contributed by atoms with Gasteiger partial charge >= 0.3 is 12.4 Å². The maximum atomic E-state index is 14.5. The molecule has 1 unspecified atom stereocenters. The second-order valence-electron chi connectivity index (χ2n) is 10.8. The van der Waals surface area contributed by atoms with Crippen LogP contribution < -0.4 is 0 Å². The Labute approximate surface area is 273 Å². The lowest BCUT2D eigenvalue weighted by Gasteiger charge is -2.22. The Morgan fingerprint density at radius 2 is 1.75 bits per heavy atom. The molecule has 16 heteroatoms. The number of ether oxygens (including phenoxy) is 2. The molecule has 0 amide bonds. The predicted octanol–water partition coefficient (Wildman–Crippen LogP) is 8.01. The maximum absolute atomic E-state index is 14.5. The van der Waals surface area contributed by atoms with Crippen molar-refractivity contribution in [3.63, 3.8) is 0 Å². The third kappa shape index (κ3) is 7.12. The van der Waals surface area contributed by atoms with Crippen molar-refractivity contribution >= 4 is 17.4 Å². The molecule has 4 heterocycles. The summed E-state index contributed by atoms with van der Waals surface area (Å²) >= 11 is 6.45. The number of hydrogen-bond acceptors (Lipinski definition) is 8. The molecule has 48 heavy (non-hydrogen) atoms. The van der Waals surface area contributed by atoms with Crippen LogP contribution in [-0.2, 0) is 35.0 Å². The van der Waals surface area contributed by atoms with E-state index in [4.69, 9.17) is 25.6 Å².